The Morgan fingerprint density at radius 2 is 1.93 bits per heavy atom. The molecule has 30 heavy (non-hydrogen) atoms. The summed E-state index contributed by atoms with van der Waals surface area (Å²) in [5.41, 5.74) is 3.59. The van der Waals surface area contributed by atoms with Crippen molar-refractivity contribution in [3.63, 3.8) is 0 Å². The molecule has 152 valence electrons. The number of carbonyl (C=O) groups excluding carboxylic acids is 1. The first kappa shape index (κ1) is 19.0. The van der Waals surface area contributed by atoms with Gasteiger partial charge in [-0.1, -0.05) is 48.0 Å². The van der Waals surface area contributed by atoms with E-state index in [2.05, 4.69) is 21.5 Å². The van der Waals surface area contributed by atoms with E-state index in [0.29, 0.717) is 10.6 Å². The maximum atomic E-state index is 13.4. The predicted molar refractivity (Wildman–Crippen MR) is 113 cm³/mol. The standard InChI is InChI=1S/C23H21ClN4O2/c24-16-7-5-15(6-8-16)18-11-19(29)20(23(30)22(18)28-13-25-12-27-28)21-17-4-2-1-3-14(17)9-10-26-21/h1-8,12-13,18,21-22,26,30H,9-11H2/t18-,21-,22-/m1/s1. The van der Waals surface area contributed by atoms with Crippen molar-refractivity contribution in [2.24, 2.45) is 0 Å². The van der Waals surface area contributed by atoms with Gasteiger partial charge in [-0.2, -0.15) is 5.10 Å². The molecule has 6 nitrogen and oxygen atoms in total. The third-order valence-electron chi connectivity index (χ3n) is 6.06. The average Bonchev–Trinajstić information content (AvgIpc) is 3.28. The van der Waals surface area contributed by atoms with Crippen molar-refractivity contribution in [1.29, 1.82) is 0 Å². The summed E-state index contributed by atoms with van der Waals surface area (Å²) in [4.78, 5) is 17.4. The highest BCUT2D eigenvalue weighted by molar-refractivity contribution is 6.30. The second-order valence-electron chi connectivity index (χ2n) is 7.74. The number of fused-ring (bicyclic) bond motifs is 1. The minimum absolute atomic E-state index is 0.0471. The van der Waals surface area contributed by atoms with Crippen molar-refractivity contribution in [3.8, 4) is 0 Å². The van der Waals surface area contributed by atoms with Crippen molar-refractivity contribution in [2.45, 2.75) is 30.8 Å². The van der Waals surface area contributed by atoms with Crippen LogP contribution in [0.5, 0.6) is 0 Å². The smallest absolute Gasteiger partial charge is 0.164 e. The van der Waals surface area contributed by atoms with Gasteiger partial charge in [-0.15, -0.1) is 0 Å². The molecule has 2 aliphatic rings. The molecule has 0 saturated heterocycles. The fourth-order valence-corrected chi connectivity index (χ4v) is 4.79. The van der Waals surface area contributed by atoms with Crippen LogP contribution in [0, 0.1) is 0 Å². The number of rotatable bonds is 3. The van der Waals surface area contributed by atoms with E-state index in [4.69, 9.17) is 11.6 Å². The molecule has 2 heterocycles. The predicted octanol–water partition coefficient (Wildman–Crippen LogP) is 3.93. The molecule has 3 aromatic rings. The molecule has 3 atom stereocenters. The largest absolute Gasteiger partial charge is 0.510 e. The minimum atomic E-state index is -0.516. The van der Waals surface area contributed by atoms with Gasteiger partial charge in [0, 0.05) is 23.9 Å². The molecule has 2 N–H and O–H groups in total. The number of halogens is 1. The molecule has 7 heteroatoms. The van der Waals surface area contributed by atoms with Crippen LogP contribution < -0.4 is 5.32 Å². The summed E-state index contributed by atoms with van der Waals surface area (Å²) in [5, 5.41) is 19.8. The zero-order valence-electron chi connectivity index (χ0n) is 16.2. The highest BCUT2D eigenvalue weighted by Crippen LogP contribution is 2.45. The Bertz CT molecular complexity index is 1110. The summed E-state index contributed by atoms with van der Waals surface area (Å²) in [5.74, 6) is -0.275. The molecule has 1 aliphatic heterocycles. The van der Waals surface area contributed by atoms with Gasteiger partial charge in [0.15, 0.2) is 5.78 Å². The van der Waals surface area contributed by atoms with Gasteiger partial charge in [0.2, 0.25) is 0 Å². The van der Waals surface area contributed by atoms with Crippen LogP contribution in [0.25, 0.3) is 0 Å². The quantitative estimate of drug-likeness (QED) is 0.671. The number of nitrogens with one attached hydrogen (secondary N) is 1. The lowest BCUT2D eigenvalue weighted by Crippen LogP contribution is -2.38. The van der Waals surface area contributed by atoms with Crippen LogP contribution in [0.3, 0.4) is 0 Å². The van der Waals surface area contributed by atoms with Crippen LogP contribution in [-0.4, -0.2) is 32.2 Å². The van der Waals surface area contributed by atoms with Crippen molar-refractivity contribution in [3.05, 3.63) is 94.2 Å². The Morgan fingerprint density at radius 3 is 2.70 bits per heavy atom. The molecular weight excluding hydrogens is 400 g/mol. The van der Waals surface area contributed by atoms with Crippen LogP contribution in [0.2, 0.25) is 5.02 Å². The van der Waals surface area contributed by atoms with E-state index in [-0.39, 0.29) is 29.9 Å². The highest BCUT2D eigenvalue weighted by Gasteiger charge is 2.42. The highest BCUT2D eigenvalue weighted by atomic mass is 35.5. The number of carbonyl (C=O) groups is 1. The number of ketones is 1. The average molecular weight is 421 g/mol. The Morgan fingerprint density at radius 1 is 1.13 bits per heavy atom. The molecular formula is C23H21ClN4O2. The summed E-state index contributed by atoms with van der Waals surface area (Å²) < 4.78 is 1.63. The van der Waals surface area contributed by atoms with E-state index in [1.807, 2.05) is 30.3 Å². The molecule has 1 aliphatic carbocycles. The second kappa shape index (κ2) is 7.70. The van der Waals surface area contributed by atoms with E-state index in [9.17, 15) is 9.90 Å². The zero-order valence-corrected chi connectivity index (χ0v) is 17.0. The number of nitrogens with zero attached hydrogens (tertiary/aromatic N) is 3. The van der Waals surface area contributed by atoms with Crippen LogP contribution in [0.15, 0.2) is 72.5 Å². The number of Topliss-reactive ketones (excluding diaryl/α,β-unsaturated/α-hetero) is 1. The summed E-state index contributed by atoms with van der Waals surface area (Å²) in [6.07, 6.45) is 4.19. The zero-order chi connectivity index (χ0) is 20.7. The third-order valence-corrected chi connectivity index (χ3v) is 6.31. The van der Waals surface area contributed by atoms with Crippen molar-refractivity contribution in [1.82, 2.24) is 20.1 Å². The molecule has 1 aromatic heterocycles. The lowest BCUT2D eigenvalue weighted by molar-refractivity contribution is -0.117. The number of benzene rings is 2. The first-order valence-corrected chi connectivity index (χ1v) is 10.4. The van der Waals surface area contributed by atoms with E-state index in [1.165, 1.54) is 11.9 Å². The summed E-state index contributed by atoms with van der Waals surface area (Å²) in [6.45, 7) is 0.750. The molecule has 0 saturated carbocycles. The Balaban J connectivity index is 1.64. The van der Waals surface area contributed by atoms with Gasteiger partial charge < -0.3 is 10.4 Å². The topological polar surface area (TPSA) is 80.0 Å². The van der Waals surface area contributed by atoms with Crippen LogP contribution >= 0.6 is 11.6 Å². The maximum Gasteiger partial charge on any atom is 0.164 e. The van der Waals surface area contributed by atoms with Gasteiger partial charge in [-0.05, 0) is 35.2 Å². The van der Waals surface area contributed by atoms with Gasteiger partial charge in [-0.3, -0.25) is 4.79 Å². The molecule has 0 bridgehead atoms. The van der Waals surface area contributed by atoms with E-state index in [0.717, 1.165) is 24.1 Å². The minimum Gasteiger partial charge on any atom is -0.510 e. The van der Waals surface area contributed by atoms with Crippen LogP contribution in [0.1, 0.15) is 41.1 Å². The van der Waals surface area contributed by atoms with Gasteiger partial charge in [-0.25, -0.2) is 9.67 Å². The summed E-state index contributed by atoms with van der Waals surface area (Å²) in [7, 11) is 0. The number of hydrogen-bond acceptors (Lipinski definition) is 5. The fraction of sp³-hybridized carbons (Fsp3) is 0.261. The lowest BCUT2D eigenvalue weighted by atomic mass is 9.75. The molecule has 0 amide bonds. The second-order valence-corrected chi connectivity index (χ2v) is 8.18. The number of aliphatic hydroxyl groups is 1. The Hall–Kier alpha value is -2.96. The SMILES string of the molecule is O=C1C[C@H](c2ccc(Cl)cc2)[C@@H](n2cncn2)C(O)=C1[C@@H]1NCCc2ccccc21. The molecule has 0 radical (unpaired) electrons. The first-order chi connectivity index (χ1) is 14.6. The number of allylic oxidation sites excluding steroid dienone is 1. The maximum absolute atomic E-state index is 13.4. The Kier molecular flexibility index (Phi) is 4.89. The molecule has 2 aromatic carbocycles. The lowest BCUT2D eigenvalue weighted by Gasteiger charge is -2.36. The van der Waals surface area contributed by atoms with Gasteiger partial charge in [0.05, 0.1) is 11.6 Å². The monoisotopic (exact) mass is 420 g/mol. The van der Waals surface area contributed by atoms with Gasteiger partial charge in [0.1, 0.15) is 24.5 Å². The van der Waals surface area contributed by atoms with E-state index < -0.39 is 6.04 Å². The third kappa shape index (κ3) is 3.22. The van der Waals surface area contributed by atoms with Crippen molar-refractivity contribution < 1.29 is 9.90 Å². The van der Waals surface area contributed by atoms with Crippen LogP contribution in [-0.2, 0) is 11.2 Å². The summed E-state index contributed by atoms with van der Waals surface area (Å²) in [6, 6.07) is 14.6. The van der Waals surface area contributed by atoms with Gasteiger partial charge in [0.25, 0.3) is 0 Å². The molecule has 5 rings (SSSR count). The molecule has 0 fully saturated rings. The van der Waals surface area contributed by atoms with E-state index in [1.54, 1.807) is 23.1 Å². The Labute approximate surface area is 179 Å². The first-order valence-electron chi connectivity index (χ1n) is 10.0. The van der Waals surface area contributed by atoms with Gasteiger partial charge >= 0.3 is 0 Å². The molecule has 0 unspecified atom stereocenters. The normalized spacial score (nSPS) is 24.0. The summed E-state index contributed by atoms with van der Waals surface area (Å²) >= 11 is 6.06. The number of aromatic nitrogens is 3. The van der Waals surface area contributed by atoms with Crippen LogP contribution in [0.4, 0.5) is 0 Å². The van der Waals surface area contributed by atoms with E-state index >= 15 is 0 Å². The van der Waals surface area contributed by atoms with Crippen molar-refractivity contribution >= 4 is 17.4 Å². The van der Waals surface area contributed by atoms with Crippen molar-refractivity contribution in [2.75, 3.05) is 6.54 Å². The number of aliphatic hydroxyl groups excluding tert-OH is 1. The molecule has 0 spiro atoms. The number of hydrogen-bond donors (Lipinski definition) is 2. The fourth-order valence-electron chi connectivity index (χ4n) is 4.67.